The number of rotatable bonds is 9. The van der Waals surface area contributed by atoms with Crippen LogP contribution in [0.1, 0.15) is 23.6 Å². The summed E-state index contributed by atoms with van der Waals surface area (Å²) in [5.74, 6) is -0.857. The minimum atomic E-state index is -0.652. The number of hydrogen-bond donors (Lipinski definition) is 1. The van der Waals surface area contributed by atoms with E-state index in [1.807, 2.05) is 32.0 Å². The molecule has 0 aromatic heterocycles. The monoisotopic (exact) mass is 498 g/mol. The molecule has 35 heavy (non-hydrogen) atoms. The summed E-state index contributed by atoms with van der Waals surface area (Å²) >= 11 is 0.737. The Morgan fingerprint density at radius 2 is 1.83 bits per heavy atom. The van der Waals surface area contributed by atoms with Crippen LogP contribution in [0.5, 0.6) is 11.5 Å². The van der Waals surface area contributed by atoms with Gasteiger partial charge in [0.1, 0.15) is 6.54 Å². The molecular formula is C25H26N2O7S. The molecule has 3 amide bonds. The lowest BCUT2D eigenvalue weighted by molar-refractivity contribution is -0.146. The smallest absolute Gasteiger partial charge is 0.326 e. The topological polar surface area (TPSA) is 111 Å². The highest BCUT2D eigenvalue weighted by Gasteiger charge is 2.36. The highest BCUT2D eigenvalue weighted by Crippen LogP contribution is 2.34. The minimum absolute atomic E-state index is 0.159. The number of methoxy groups -OCH3 is 1. The van der Waals surface area contributed by atoms with Crippen molar-refractivity contribution in [3.8, 4) is 11.5 Å². The van der Waals surface area contributed by atoms with Gasteiger partial charge in [-0.05, 0) is 79.6 Å². The molecule has 0 bridgehead atoms. The fourth-order valence-corrected chi connectivity index (χ4v) is 4.01. The van der Waals surface area contributed by atoms with Crippen molar-refractivity contribution in [2.75, 3.05) is 32.2 Å². The van der Waals surface area contributed by atoms with Crippen molar-refractivity contribution in [2.24, 2.45) is 0 Å². The Labute approximate surface area is 207 Å². The van der Waals surface area contributed by atoms with Gasteiger partial charge in [0.05, 0.1) is 18.6 Å². The number of nitrogens with one attached hydrogen (secondary N) is 1. The fraction of sp³-hybridized carbons (Fsp3) is 0.280. The predicted molar refractivity (Wildman–Crippen MR) is 132 cm³/mol. The zero-order chi connectivity index (χ0) is 25.5. The summed E-state index contributed by atoms with van der Waals surface area (Å²) in [6.45, 7) is 5.10. The number of esters is 1. The van der Waals surface area contributed by atoms with Crippen molar-refractivity contribution in [2.45, 2.75) is 20.8 Å². The average Bonchev–Trinajstić information content (AvgIpc) is 3.08. The first-order chi connectivity index (χ1) is 16.7. The van der Waals surface area contributed by atoms with Crippen LogP contribution in [0, 0.1) is 13.8 Å². The Morgan fingerprint density at radius 3 is 2.51 bits per heavy atom. The quantitative estimate of drug-likeness (QED) is 0.409. The summed E-state index contributed by atoms with van der Waals surface area (Å²) in [5, 5.41) is 2.24. The zero-order valence-electron chi connectivity index (χ0n) is 19.9. The Bertz CT molecular complexity index is 1190. The van der Waals surface area contributed by atoms with Crippen LogP contribution in [0.15, 0.2) is 41.3 Å². The molecule has 0 unspecified atom stereocenters. The number of ether oxygens (including phenoxy) is 3. The van der Waals surface area contributed by atoms with Crippen molar-refractivity contribution in [3.63, 3.8) is 0 Å². The Hall–Kier alpha value is -3.79. The Kier molecular flexibility index (Phi) is 8.53. The van der Waals surface area contributed by atoms with Crippen LogP contribution >= 0.6 is 11.8 Å². The van der Waals surface area contributed by atoms with Crippen molar-refractivity contribution in [1.29, 1.82) is 0 Å². The number of carbonyl (C=O) groups excluding carboxylic acids is 4. The van der Waals surface area contributed by atoms with Crippen LogP contribution in [0.2, 0.25) is 0 Å². The van der Waals surface area contributed by atoms with Gasteiger partial charge >= 0.3 is 5.97 Å². The highest BCUT2D eigenvalue weighted by molar-refractivity contribution is 8.18. The van der Waals surface area contributed by atoms with Crippen LogP contribution in [0.25, 0.3) is 6.08 Å². The first kappa shape index (κ1) is 25.8. The molecule has 0 atom stereocenters. The Morgan fingerprint density at radius 1 is 1.06 bits per heavy atom. The van der Waals surface area contributed by atoms with E-state index in [2.05, 4.69) is 5.32 Å². The van der Waals surface area contributed by atoms with E-state index in [-0.39, 0.29) is 24.0 Å². The fourth-order valence-electron chi connectivity index (χ4n) is 3.18. The van der Waals surface area contributed by atoms with Gasteiger partial charge in [-0.25, -0.2) is 0 Å². The molecule has 2 aromatic carbocycles. The molecule has 1 N–H and O–H groups in total. The van der Waals surface area contributed by atoms with Crippen LogP contribution in [0.4, 0.5) is 10.5 Å². The lowest BCUT2D eigenvalue weighted by atomic mass is 10.1. The van der Waals surface area contributed by atoms with Crippen molar-refractivity contribution in [3.05, 3.63) is 58.0 Å². The molecule has 1 saturated heterocycles. The molecular weight excluding hydrogens is 472 g/mol. The molecule has 0 radical (unpaired) electrons. The van der Waals surface area contributed by atoms with Crippen LogP contribution < -0.4 is 14.8 Å². The summed E-state index contributed by atoms with van der Waals surface area (Å²) < 4.78 is 15.8. The largest absolute Gasteiger partial charge is 0.493 e. The zero-order valence-corrected chi connectivity index (χ0v) is 20.7. The number of benzene rings is 2. The number of nitrogens with zero attached hydrogens (tertiary/aromatic N) is 1. The second-order valence-electron chi connectivity index (χ2n) is 7.62. The van der Waals surface area contributed by atoms with Gasteiger partial charge in [-0.2, -0.15) is 0 Å². The van der Waals surface area contributed by atoms with Gasteiger partial charge in [0.25, 0.3) is 17.1 Å². The van der Waals surface area contributed by atoms with E-state index in [4.69, 9.17) is 14.2 Å². The third-order valence-electron chi connectivity index (χ3n) is 5.10. The summed E-state index contributed by atoms with van der Waals surface area (Å²) in [6, 6.07) is 10.5. The number of amides is 3. The van der Waals surface area contributed by atoms with E-state index in [9.17, 15) is 19.2 Å². The first-order valence-electron chi connectivity index (χ1n) is 10.8. The maximum Gasteiger partial charge on any atom is 0.326 e. The van der Waals surface area contributed by atoms with Crippen molar-refractivity contribution >= 4 is 46.5 Å². The molecule has 10 heteroatoms. The SMILES string of the molecule is CCOC(=O)CN1C(=O)S/C(=C/c2ccc(OCC(=O)Nc3ccc(C)c(C)c3)c(OC)c2)C1=O. The second-order valence-corrected chi connectivity index (χ2v) is 8.61. The predicted octanol–water partition coefficient (Wildman–Crippen LogP) is 3.93. The Balaban J connectivity index is 1.65. The molecule has 1 fully saturated rings. The molecule has 1 heterocycles. The minimum Gasteiger partial charge on any atom is -0.493 e. The van der Waals surface area contributed by atoms with E-state index >= 15 is 0 Å². The second kappa shape index (κ2) is 11.6. The van der Waals surface area contributed by atoms with Gasteiger partial charge in [0.15, 0.2) is 18.1 Å². The number of aryl methyl sites for hydroxylation is 2. The van der Waals surface area contributed by atoms with E-state index in [1.165, 1.54) is 13.2 Å². The van der Waals surface area contributed by atoms with Gasteiger partial charge in [-0.15, -0.1) is 0 Å². The average molecular weight is 499 g/mol. The van der Waals surface area contributed by atoms with Gasteiger partial charge in [0, 0.05) is 5.69 Å². The number of thioether (sulfide) groups is 1. The number of anilines is 1. The normalized spacial score (nSPS) is 14.3. The van der Waals surface area contributed by atoms with Crippen molar-refractivity contribution < 1.29 is 33.4 Å². The standard InChI is InChI=1S/C25H26N2O7S/c1-5-33-23(29)13-27-24(30)21(35-25(27)31)12-17-7-9-19(20(11-17)32-4)34-14-22(28)26-18-8-6-15(2)16(3)10-18/h6-12H,5,13-14H2,1-4H3,(H,26,28)/b21-12+. The summed E-state index contributed by atoms with van der Waals surface area (Å²) in [4.78, 5) is 49.7. The van der Waals surface area contributed by atoms with Gasteiger partial charge in [-0.1, -0.05) is 12.1 Å². The summed E-state index contributed by atoms with van der Waals surface area (Å²) in [5.41, 5.74) is 3.46. The third kappa shape index (κ3) is 6.63. The summed E-state index contributed by atoms with van der Waals surface area (Å²) in [6.07, 6.45) is 1.52. The summed E-state index contributed by atoms with van der Waals surface area (Å²) in [7, 11) is 1.45. The maximum atomic E-state index is 12.6. The maximum absolute atomic E-state index is 12.6. The number of imide groups is 1. The van der Waals surface area contributed by atoms with E-state index in [0.29, 0.717) is 22.7 Å². The van der Waals surface area contributed by atoms with Crippen molar-refractivity contribution in [1.82, 2.24) is 4.90 Å². The van der Waals surface area contributed by atoms with E-state index in [0.717, 1.165) is 27.8 Å². The molecule has 0 aliphatic carbocycles. The van der Waals surface area contributed by atoms with Crippen LogP contribution in [-0.4, -0.2) is 54.8 Å². The van der Waals surface area contributed by atoms with Gasteiger partial charge in [-0.3, -0.25) is 24.1 Å². The molecule has 1 aliphatic rings. The molecule has 1 aliphatic heterocycles. The molecule has 0 saturated carbocycles. The van der Waals surface area contributed by atoms with Gasteiger partial charge in [0.2, 0.25) is 0 Å². The third-order valence-corrected chi connectivity index (χ3v) is 6.01. The molecule has 0 spiro atoms. The number of carbonyl (C=O) groups is 4. The van der Waals surface area contributed by atoms with Crippen LogP contribution in [-0.2, 0) is 19.1 Å². The molecule has 2 aromatic rings. The molecule has 3 rings (SSSR count). The van der Waals surface area contributed by atoms with E-state index in [1.54, 1.807) is 25.1 Å². The lowest BCUT2D eigenvalue weighted by Gasteiger charge is -2.12. The molecule has 184 valence electrons. The van der Waals surface area contributed by atoms with Crippen LogP contribution in [0.3, 0.4) is 0 Å². The first-order valence-corrected chi connectivity index (χ1v) is 11.6. The number of hydrogen-bond acceptors (Lipinski definition) is 8. The lowest BCUT2D eigenvalue weighted by Crippen LogP contribution is -2.34. The molecule has 9 nitrogen and oxygen atoms in total. The van der Waals surface area contributed by atoms with Gasteiger partial charge < -0.3 is 19.5 Å². The highest BCUT2D eigenvalue weighted by atomic mass is 32.2. The van der Waals surface area contributed by atoms with E-state index < -0.39 is 23.7 Å².